The topological polar surface area (TPSA) is 12.0 Å². The summed E-state index contributed by atoms with van der Waals surface area (Å²) in [6.07, 6.45) is 0. The molecule has 1 nitrogen and oxygen atoms in total. The minimum atomic E-state index is 0. The summed E-state index contributed by atoms with van der Waals surface area (Å²) in [5.41, 5.74) is 0. The molecule has 0 saturated heterocycles. The number of rotatable bonds is 2. The molecule has 0 atom stereocenters. The second-order valence-corrected chi connectivity index (χ2v) is 3.98. The fraction of sp³-hybridized carbons (Fsp3) is 0.900. The standard InChI is InChI=1S/C6H15N.C4H9.2Li.2H/c1-5(2)7-6(3)4;1-4(2)3;;;;/h5-7H,1-4H3;1-3H3;;;;. The summed E-state index contributed by atoms with van der Waals surface area (Å²) in [6.45, 7) is 14.9. The van der Waals surface area contributed by atoms with Gasteiger partial charge in [-0.25, -0.2) is 0 Å². The minimum absolute atomic E-state index is 0. The van der Waals surface area contributed by atoms with Crippen LogP contribution in [0.25, 0.3) is 0 Å². The maximum atomic E-state index is 3.31. The zero-order valence-corrected chi connectivity index (χ0v) is 9.15. The predicted octanol–water partition coefficient (Wildman–Crippen LogP) is 1.72. The van der Waals surface area contributed by atoms with Crippen molar-refractivity contribution in [3.8, 4) is 0 Å². The van der Waals surface area contributed by atoms with Gasteiger partial charge in [0.05, 0.1) is 0 Å². The fourth-order valence-electron chi connectivity index (χ4n) is 0.667. The summed E-state index contributed by atoms with van der Waals surface area (Å²) < 4.78 is 0. The molecule has 0 amide bonds. The Morgan fingerprint density at radius 3 is 0.923 bits per heavy atom. The van der Waals surface area contributed by atoms with Gasteiger partial charge < -0.3 is 5.32 Å². The molecule has 0 heterocycles. The first-order valence-electron chi connectivity index (χ1n) is 4.39. The summed E-state index contributed by atoms with van der Waals surface area (Å²) in [4.78, 5) is 0. The molecule has 0 aliphatic carbocycles. The van der Waals surface area contributed by atoms with Gasteiger partial charge in [0.25, 0.3) is 0 Å². The second-order valence-electron chi connectivity index (χ2n) is 3.98. The molecule has 13 heavy (non-hydrogen) atoms. The van der Waals surface area contributed by atoms with Gasteiger partial charge in [0.2, 0.25) is 0 Å². The van der Waals surface area contributed by atoms with E-state index in [4.69, 9.17) is 0 Å². The molecule has 3 heteroatoms. The first-order chi connectivity index (χ1) is 4.86. The molecular formula is C10H26Li2N. The van der Waals surface area contributed by atoms with Gasteiger partial charge in [0.15, 0.2) is 0 Å². The molecule has 0 fully saturated rings. The molecule has 0 aliphatic heterocycles. The summed E-state index contributed by atoms with van der Waals surface area (Å²) in [7, 11) is 0. The molecule has 0 rings (SSSR count). The van der Waals surface area contributed by atoms with Crippen molar-refractivity contribution in [3.05, 3.63) is 5.92 Å². The van der Waals surface area contributed by atoms with Gasteiger partial charge in [0.1, 0.15) is 0 Å². The molecule has 0 spiro atoms. The van der Waals surface area contributed by atoms with Crippen LogP contribution in [0.1, 0.15) is 48.5 Å². The number of hydrogen-bond acceptors (Lipinski definition) is 1. The van der Waals surface area contributed by atoms with Crippen molar-refractivity contribution in [1.29, 1.82) is 0 Å². The zero-order valence-electron chi connectivity index (χ0n) is 9.15. The molecule has 0 bridgehead atoms. The van der Waals surface area contributed by atoms with Gasteiger partial charge in [-0.15, -0.1) is 0 Å². The van der Waals surface area contributed by atoms with Crippen LogP contribution in [-0.2, 0) is 0 Å². The SMILES string of the molecule is CC(C)NC(C)C.C[C](C)C.[LiH].[LiH]. The molecular weight excluding hydrogens is 148 g/mol. The van der Waals surface area contributed by atoms with Crippen LogP contribution >= 0.6 is 0 Å². The van der Waals surface area contributed by atoms with E-state index in [1.807, 2.05) is 0 Å². The second kappa shape index (κ2) is 15.6. The van der Waals surface area contributed by atoms with E-state index >= 15 is 0 Å². The van der Waals surface area contributed by atoms with Crippen LogP contribution in [0.4, 0.5) is 0 Å². The molecule has 73 valence electrons. The Hall–Kier alpha value is 1.15. The van der Waals surface area contributed by atoms with Crippen LogP contribution < -0.4 is 5.32 Å². The molecule has 0 aliphatic rings. The fourth-order valence-corrected chi connectivity index (χ4v) is 0.667. The summed E-state index contributed by atoms with van der Waals surface area (Å²) in [6, 6.07) is 1.25. The Labute approximate surface area is 109 Å². The zero-order chi connectivity index (χ0) is 9.44. The predicted molar refractivity (Wildman–Crippen MR) is 68.0 cm³/mol. The Kier molecular flexibility index (Phi) is 28.5. The van der Waals surface area contributed by atoms with Crippen LogP contribution in [0.5, 0.6) is 0 Å². The van der Waals surface area contributed by atoms with Crippen molar-refractivity contribution in [2.24, 2.45) is 0 Å². The van der Waals surface area contributed by atoms with Gasteiger partial charge >= 0.3 is 37.7 Å². The Bertz CT molecular complexity index is 64.6. The molecule has 0 aromatic heterocycles. The molecule has 1 N–H and O–H groups in total. The van der Waals surface area contributed by atoms with Crippen molar-refractivity contribution in [3.63, 3.8) is 0 Å². The summed E-state index contributed by atoms with van der Waals surface area (Å²) >= 11 is 0. The molecule has 0 aromatic carbocycles. The number of nitrogens with one attached hydrogen (secondary N) is 1. The van der Waals surface area contributed by atoms with Crippen LogP contribution in [-0.4, -0.2) is 49.8 Å². The van der Waals surface area contributed by atoms with Gasteiger partial charge in [-0.3, -0.25) is 0 Å². The van der Waals surface area contributed by atoms with E-state index in [0.29, 0.717) is 12.1 Å². The number of hydrogen-bond donors (Lipinski definition) is 1. The van der Waals surface area contributed by atoms with Gasteiger partial charge in [-0.2, -0.15) is 0 Å². The average Bonchev–Trinajstić information content (AvgIpc) is 1.56. The third kappa shape index (κ3) is 61.6. The monoisotopic (exact) mass is 174 g/mol. The Morgan fingerprint density at radius 1 is 0.769 bits per heavy atom. The van der Waals surface area contributed by atoms with Crippen molar-refractivity contribution >= 4 is 37.7 Å². The average molecular weight is 174 g/mol. The third-order valence-corrected chi connectivity index (χ3v) is 0.667. The Balaban J connectivity index is -0.0000000600. The van der Waals surface area contributed by atoms with Gasteiger partial charge in [-0.05, 0) is 5.92 Å². The van der Waals surface area contributed by atoms with Crippen LogP contribution in [0.2, 0.25) is 0 Å². The van der Waals surface area contributed by atoms with E-state index in [9.17, 15) is 0 Å². The third-order valence-electron chi connectivity index (χ3n) is 0.667. The first-order valence-corrected chi connectivity index (χ1v) is 4.39. The molecule has 0 saturated carbocycles. The van der Waals surface area contributed by atoms with Crippen molar-refractivity contribution < 1.29 is 0 Å². The normalized spacial score (nSPS) is 8.77. The Morgan fingerprint density at radius 2 is 0.923 bits per heavy atom. The maximum absolute atomic E-state index is 3.31. The van der Waals surface area contributed by atoms with Gasteiger partial charge in [0, 0.05) is 12.1 Å². The summed E-state index contributed by atoms with van der Waals surface area (Å²) in [5.74, 6) is 1.42. The van der Waals surface area contributed by atoms with E-state index in [1.165, 1.54) is 5.92 Å². The van der Waals surface area contributed by atoms with Crippen molar-refractivity contribution in [1.82, 2.24) is 5.32 Å². The van der Waals surface area contributed by atoms with E-state index in [1.54, 1.807) is 0 Å². The molecule has 0 unspecified atom stereocenters. The molecule has 0 aromatic rings. The van der Waals surface area contributed by atoms with Gasteiger partial charge in [-0.1, -0.05) is 48.5 Å². The molecule has 1 radical (unpaired) electrons. The summed E-state index contributed by atoms with van der Waals surface area (Å²) in [5, 5.41) is 3.31. The van der Waals surface area contributed by atoms with Crippen LogP contribution in [0.15, 0.2) is 0 Å². The van der Waals surface area contributed by atoms with Crippen LogP contribution in [0, 0.1) is 5.92 Å². The van der Waals surface area contributed by atoms with E-state index in [2.05, 4.69) is 53.8 Å². The quantitative estimate of drug-likeness (QED) is 0.628. The van der Waals surface area contributed by atoms with E-state index < -0.39 is 0 Å². The van der Waals surface area contributed by atoms with E-state index in [-0.39, 0.29) is 37.7 Å². The van der Waals surface area contributed by atoms with Crippen LogP contribution in [0.3, 0.4) is 0 Å². The van der Waals surface area contributed by atoms with Crippen molar-refractivity contribution in [2.75, 3.05) is 0 Å². The van der Waals surface area contributed by atoms with Crippen molar-refractivity contribution in [2.45, 2.75) is 60.5 Å². The van der Waals surface area contributed by atoms with E-state index in [0.717, 1.165) is 0 Å². The first kappa shape index (κ1) is 23.8.